The predicted molar refractivity (Wildman–Crippen MR) is 55.1 cm³/mol. The van der Waals surface area contributed by atoms with Crippen molar-refractivity contribution in [2.75, 3.05) is 0 Å². The minimum atomic E-state index is 0.134. The molecule has 0 unspecified atom stereocenters. The number of carbonyl (C=O) groups excluding carboxylic acids is 1. The topological polar surface area (TPSA) is 34.0 Å². The van der Waals surface area contributed by atoms with Gasteiger partial charge in [-0.3, -0.25) is 4.79 Å². The van der Waals surface area contributed by atoms with Crippen LogP contribution in [0.2, 0.25) is 0 Å². The maximum atomic E-state index is 11.5. The highest BCUT2D eigenvalue weighted by Crippen LogP contribution is 2.18. The zero-order valence-electron chi connectivity index (χ0n) is 8.71. The Morgan fingerprint density at radius 2 is 2.00 bits per heavy atom. The van der Waals surface area contributed by atoms with Gasteiger partial charge < -0.3 is 9.88 Å². The number of nitrogens with zero attached hydrogens (tertiary/aromatic N) is 1. The van der Waals surface area contributed by atoms with Gasteiger partial charge >= 0.3 is 0 Å². The van der Waals surface area contributed by atoms with E-state index < -0.39 is 0 Å². The molecule has 1 amide bonds. The maximum Gasteiger partial charge on any atom is 0.240 e. The van der Waals surface area contributed by atoms with Gasteiger partial charge in [-0.05, 0) is 38.8 Å². The third kappa shape index (κ3) is 1.97. The Labute approximate surface area is 84.1 Å². The molecule has 1 saturated carbocycles. The van der Waals surface area contributed by atoms with E-state index in [0.717, 1.165) is 24.2 Å². The lowest BCUT2D eigenvalue weighted by Gasteiger charge is -2.09. The summed E-state index contributed by atoms with van der Waals surface area (Å²) in [4.78, 5) is 11.5. The number of hydrogen-bond donors (Lipinski definition) is 1. The number of carbonyl (C=O) groups is 1. The van der Waals surface area contributed by atoms with Crippen molar-refractivity contribution in [3.05, 3.63) is 23.5 Å². The minimum Gasteiger partial charge on any atom is -0.352 e. The van der Waals surface area contributed by atoms with Gasteiger partial charge in [-0.25, -0.2) is 0 Å². The van der Waals surface area contributed by atoms with Crippen LogP contribution in [0.3, 0.4) is 0 Å². The van der Waals surface area contributed by atoms with Crippen LogP contribution in [0.1, 0.15) is 24.2 Å². The number of hydrogen-bond acceptors (Lipinski definition) is 1. The van der Waals surface area contributed by atoms with Gasteiger partial charge in [0.25, 0.3) is 0 Å². The Balaban J connectivity index is 1.98. The standard InChI is InChI=1S/C11H16N2O/c1-8-3-4-9(2)13(8)7-11(14)12-10-5-6-10/h3-4,10H,5-7H2,1-2H3,(H,12,14). The highest BCUT2D eigenvalue weighted by Gasteiger charge is 2.23. The molecule has 1 aliphatic carbocycles. The summed E-state index contributed by atoms with van der Waals surface area (Å²) < 4.78 is 2.04. The van der Waals surface area contributed by atoms with Crippen LogP contribution >= 0.6 is 0 Å². The molecule has 1 heterocycles. The fourth-order valence-corrected chi connectivity index (χ4v) is 1.59. The first-order valence-corrected chi connectivity index (χ1v) is 5.09. The van der Waals surface area contributed by atoms with Gasteiger partial charge in [-0.1, -0.05) is 0 Å². The molecule has 0 bridgehead atoms. The van der Waals surface area contributed by atoms with Crippen molar-refractivity contribution >= 4 is 5.91 Å². The van der Waals surface area contributed by atoms with Gasteiger partial charge in [0.1, 0.15) is 6.54 Å². The van der Waals surface area contributed by atoms with E-state index in [4.69, 9.17) is 0 Å². The third-order valence-electron chi connectivity index (χ3n) is 2.66. The lowest BCUT2D eigenvalue weighted by atomic mass is 10.4. The van der Waals surface area contributed by atoms with Crippen molar-refractivity contribution in [2.45, 2.75) is 39.3 Å². The average molecular weight is 192 g/mol. The number of nitrogens with one attached hydrogen (secondary N) is 1. The third-order valence-corrected chi connectivity index (χ3v) is 2.66. The smallest absolute Gasteiger partial charge is 0.240 e. The first-order valence-electron chi connectivity index (χ1n) is 5.09. The van der Waals surface area contributed by atoms with E-state index in [9.17, 15) is 4.79 Å². The minimum absolute atomic E-state index is 0.134. The highest BCUT2D eigenvalue weighted by atomic mass is 16.2. The van der Waals surface area contributed by atoms with E-state index in [1.165, 1.54) is 0 Å². The van der Waals surface area contributed by atoms with E-state index in [-0.39, 0.29) is 5.91 Å². The van der Waals surface area contributed by atoms with Crippen molar-refractivity contribution < 1.29 is 4.79 Å². The molecule has 3 nitrogen and oxygen atoms in total. The summed E-state index contributed by atoms with van der Waals surface area (Å²) >= 11 is 0. The van der Waals surface area contributed by atoms with Crippen molar-refractivity contribution in [1.82, 2.24) is 9.88 Å². The molecule has 1 aliphatic rings. The first kappa shape index (κ1) is 9.31. The van der Waals surface area contributed by atoms with Crippen LogP contribution in [0.5, 0.6) is 0 Å². The predicted octanol–water partition coefficient (Wildman–Crippen LogP) is 1.38. The molecule has 76 valence electrons. The van der Waals surface area contributed by atoms with E-state index in [0.29, 0.717) is 12.6 Å². The van der Waals surface area contributed by atoms with Crippen LogP contribution in [-0.4, -0.2) is 16.5 Å². The lowest BCUT2D eigenvalue weighted by molar-refractivity contribution is -0.121. The fraction of sp³-hybridized carbons (Fsp3) is 0.545. The average Bonchev–Trinajstić information content (AvgIpc) is 2.88. The van der Waals surface area contributed by atoms with Crippen molar-refractivity contribution in [3.8, 4) is 0 Å². The summed E-state index contributed by atoms with van der Waals surface area (Å²) in [5.41, 5.74) is 2.29. The Morgan fingerprint density at radius 3 is 2.50 bits per heavy atom. The van der Waals surface area contributed by atoms with Crippen LogP contribution < -0.4 is 5.32 Å². The Hall–Kier alpha value is -1.25. The number of amides is 1. The second kappa shape index (κ2) is 3.48. The van der Waals surface area contributed by atoms with Crippen LogP contribution in [0.15, 0.2) is 12.1 Å². The zero-order valence-corrected chi connectivity index (χ0v) is 8.71. The van der Waals surface area contributed by atoms with Crippen LogP contribution in [0.25, 0.3) is 0 Å². The molecule has 0 atom stereocenters. The Kier molecular flexibility index (Phi) is 2.32. The van der Waals surface area contributed by atoms with Crippen molar-refractivity contribution in [1.29, 1.82) is 0 Å². The summed E-state index contributed by atoms with van der Waals surface area (Å²) in [7, 11) is 0. The molecular weight excluding hydrogens is 176 g/mol. The molecule has 3 heteroatoms. The molecule has 0 radical (unpaired) electrons. The summed E-state index contributed by atoms with van der Waals surface area (Å²) in [5.74, 6) is 0.134. The van der Waals surface area contributed by atoms with E-state index in [2.05, 4.69) is 5.32 Å². The van der Waals surface area contributed by atoms with Crippen LogP contribution in [-0.2, 0) is 11.3 Å². The van der Waals surface area contributed by atoms with Crippen LogP contribution in [0, 0.1) is 13.8 Å². The van der Waals surface area contributed by atoms with Crippen LogP contribution in [0.4, 0.5) is 0 Å². The molecule has 1 N–H and O–H groups in total. The molecule has 0 saturated heterocycles. The molecule has 0 spiro atoms. The number of rotatable bonds is 3. The summed E-state index contributed by atoms with van der Waals surface area (Å²) in [6.45, 7) is 4.51. The molecule has 14 heavy (non-hydrogen) atoms. The maximum absolute atomic E-state index is 11.5. The molecule has 0 aromatic carbocycles. The summed E-state index contributed by atoms with van der Waals surface area (Å²) in [5, 5.41) is 2.99. The van der Waals surface area contributed by atoms with E-state index in [1.807, 2.05) is 30.5 Å². The molecule has 1 aromatic heterocycles. The fourth-order valence-electron chi connectivity index (χ4n) is 1.59. The quantitative estimate of drug-likeness (QED) is 0.771. The number of aromatic nitrogens is 1. The molecule has 0 aliphatic heterocycles. The lowest BCUT2D eigenvalue weighted by Crippen LogP contribution is -2.29. The van der Waals surface area contributed by atoms with Gasteiger partial charge in [0.15, 0.2) is 0 Å². The highest BCUT2D eigenvalue weighted by molar-refractivity contribution is 5.76. The van der Waals surface area contributed by atoms with Gasteiger partial charge in [0.2, 0.25) is 5.91 Å². The molecular formula is C11H16N2O. The zero-order chi connectivity index (χ0) is 10.1. The van der Waals surface area contributed by atoms with Gasteiger partial charge in [0.05, 0.1) is 0 Å². The normalized spacial score (nSPS) is 15.6. The monoisotopic (exact) mass is 192 g/mol. The van der Waals surface area contributed by atoms with E-state index >= 15 is 0 Å². The van der Waals surface area contributed by atoms with Gasteiger partial charge in [0, 0.05) is 17.4 Å². The van der Waals surface area contributed by atoms with Crippen molar-refractivity contribution in [3.63, 3.8) is 0 Å². The first-order chi connectivity index (χ1) is 6.66. The second-order valence-corrected chi connectivity index (χ2v) is 4.04. The summed E-state index contributed by atoms with van der Waals surface area (Å²) in [6, 6.07) is 4.54. The molecule has 2 rings (SSSR count). The molecule has 1 fully saturated rings. The largest absolute Gasteiger partial charge is 0.352 e. The van der Waals surface area contributed by atoms with Gasteiger partial charge in [-0.15, -0.1) is 0 Å². The van der Waals surface area contributed by atoms with Gasteiger partial charge in [-0.2, -0.15) is 0 Å². The Bertz CT molecular complexity index is 331. The Morgan fingerprint density at radius 1 is 1.43 bits per heavy atom. The van der Waals surface area contributed by atoms with E-state index in [1.54, 1.807) is 0 Å². The second-order valence-electron chi connectivity index (χ2n) is 4.04. The van der Waals surface area contributed by atoms with Crippen molar-refractivity contribution in [2.24, 2.45) is 0 Å². The SMILES string of the molecule is Cc1ccc(C)n1CC(=O)NC1CC1. The molecule has 1 aromatic rings. The number of aryl methyl sites for hydroxylation is 2. The summed E-state index contributed by atoms with van der Waals surface area (Å²) in [6.07, 6.45) is 2.30.